The van der Waals surface area contributed by atoms with Crippen molar-refractivity contribution in [3.63, 3.8) is 0 Å². The van der Waals surface area contributed by atoms with E-state index in [-0.39, 0.29) is 17.9 Å². The maximum atomic E-state index is 13.6. The van der Waals surface area contributed by atoms with Crippen LogP contribution in [0.3, 0.4) is 0 Å². The number of benzene rings is 1. The number of rotatable bonds is 5. The van der Waals surface area contributed by atoms with Crippen molar-refractivity contribution in [1.29, 1.82) is 0 Å². The van der Waals surface area contributed by atoms with Crippen molar-refractivity contribution in [3.8, 4) is 5.75 Å². The van der Waals surface area contributed by atoms with Gasteiger partial charge in [-0.3, -0.25) is 4.79 Å². The van der Waals surface area contributed by atoms with Crippen molar-refractivity contribution >= 4 is 5.78 Å². The van der Waals surface area contributed by atoms with Gasteiger partial charge in [-0.25, -0.2) is 13.2 Å². The lowest BCUT2D eigenvalue weighted by Gasteiger charge is -2.15. The summed E-state index contributed by atoms with van der Waals surface area (Å²) in [5.41, 5.74) is -0.747. The van der Waals surface area contributed by atoms with E-state index in [1.165, 1.54) is 14.2 Å². The van der Waals surface area contributed by atoms with E-state index in [1.54, 1.807) is 0 Å². The highest BCUT2D eigenvalue weighted by atomic mass is 19.3. The topological polar surface area (TPSA) is 38.3 Å². The Morgan fingerprint density at radius 1 is 1.44 bits per heavy atom. The summed E-state index contributed by atoms with van der Waals surface area (Å²) in [6.07, 6.45) is 0. The van der Waals surface area contributed by atoms with Gasteiger partial charge in [0.1, 0.15) is 0 Å². The van der Waals surface area contributed by atoms with Crippen LogP contribution in [0, 0.1) is 5.82 Å². The first kappa shape index (κ1) is 14.5. The zero-order chi connectivity index (χ0) is 13.9. The number of likely N-dealkylation sites (N-methyl/N-ethyl adjacent to an activating group) is 1. The fourth-order valence-electron chi connectivity index (χ4n) is 1.52. The maximum Gasteiger partial charge on any atom is 0.270 e. The molecule has 6 heteroatoms. The molecule has 1 rings (SSSR count). The van der Waals surface area contributed by atoms with Crippen molar-refractivity contribution in [2.24, 2.45) is 0 Å². The summed E-state index contributed by atoms with van der Waals surface area (Å²) in [5, 5.41) is 2.58. The number of carbonyl (C=O) groups excluding carboxylic acids is 1. The van der Waals surface area contributed by atoms with Gasteiger partial charge in [0.25, 0.3) is 5.92 Å². The molecule has 0 fully saturated rings. The van der Waals surface area contributed by atoms with Crippen LogP contribution in [-0.4, -0.2) is 26.5 Å². The second kappa shape index (κ2) is 5.39. The highest BCUT2D eigenvalue weighted by Gasteiger charge is 2.28. The molecule has 0 aliphatic heterocycles. The first-order valence-electron chi connectivity index (χ1n) is 5.25. The highest BCUT2D eigenvalue weighted by Crippen LogP contribution is 2.33. The normalized spacial score (nSPS) is 11.4. The SMILES string of the molecule is CNCC(=O)c1cc(C(C)(F)F)cc(F)c1OC. The van der Waals surface area contributed by atoms with E-state index in [0.29, 0.717) is 13.0 Å². The quantitative estimate of drug-likeness (QED) is 0.827. The van der Waals surface area contributed by atoms with Gasteiger partial charge in [0.15, 0.2) is 17.3 Å². The molecule has 0 unspecified atom stereocenters. The number of ether oxygens (including phenoxy) is 1. The van der Waals surface area contributed by atoms with Crippen molar-refractivity contribution < 1.29 is 22.7 Å². The van der Waals surface area contributed by atoms with Crippen LogP contribution in [0.1, 0.15) is 22.8 Å². The molecule has 0 atom stereocenters. The van der Waals surface area contributed by atoms with Gasteiger partial charge in [0, 0.05) is 12.5 Å². The minimum atomic E-state index is -3.22. The van der Waals surface area contributed by atoms with E-state index < -0.39 is 23.1 Å². The molecule has 0 aromatic heterocycles. The lowest BCUT2D eigenvalue weighted by atomic mass is 10.0. The number of hydrogen-bond donors (Lipinski definition) is 1. The molecule has 1 N–H and O–H groups in total. The van der Waals surface area contributed by atoms with Crippen LogP contribution in [0.25, 0.3) is 0 Å². The fourth-order valence-corrected chi connectivity index (χ4v) is 1.52. The molecule has 18 heavy (non-hydrogen) atoms. The van der Waals surface area contributed by atoms with Crippen LogP contribution in [0.15, 0.2) is 12.1 Å². The Bertz CT molecular complexity index is 455. The molecule has 0 radical (unpaired) electrons. The van der Waals surface area contributed by atoms with Crippen LogP contribution >= 0.6 is 0 Å². The molecule has 0 saturated carbocycles. The lowest BCUT2D eigenvalue weighted by molar-refractivity contribution is 0.0170. The number of carbonyl (C=O) groups is 1. The Labute approximate surface area is 103 Å². The average molecular weight is 261 g/mol. The molecular weight excluding hydrogens is 247 g/mol. The Balaban J connectivity index is 3.37. The minimum Gasteiger partial charge on any atom is -0.493 e. The number of Topliss-reactive ketones (excluding diaryl/α,β-unsaturated/α-hetero) is 1. The molecule has 0 aliphatic rings. The standard InChI is InChI=1S/C12H14F3NO2/c1-12(14,15)7-4-8(10(17)6-16-2)11(18-3)9(13)5-7/h4-5,16H,6H2,1-3H3. The summed E-state index contributed by atoms with van der Waals surface area (Å²) in [5.74, 6) is -5.03. The maximum absolute atomic E-state index is 13.6. The molecule has 3 nitrogen and oxygen atoms in total. The summed E-state index contributed by atoms with van der Waals surface area (Å²) in [7, 11) is 2.71. The van der Waals surface area contributed by atoms with E-state index in [0.717, 1.165) is 6.07 Å². The minimum absolute atomic E-state index is 0.0888. The van der Waals surface area contributed by atoms with Crippen molar-refractivity contribution in [2.75, 3.05) is 20.7 Å². The monoisotopic (exact) mass is 261 g/mol. The van der Waals surface area contributed by atoms with Gasteiger partial charge in [-0.2, -0.15) is 0 Å². The lowest BCUT2D eigenvalue weighted by Crippen LogP contribution is -2.20. The number of nitrogens with one attached hydrogen (secondary N) is 1. The number of methoxy groups -OCH3 is 1. The third kappa shape index (κ3) is 3.01. The molecule has 1 aromatic rings. The predicted octanol–water partition coefficient (Wildman–Crippen LogP) is 2.35. The Hall–Kier alpha value is -1.56. The second-order valence-corrected chi connectivity index (χ2v) is 3.88. The van der Waals surface area contributed by atoms with Gasteiger partial charge >= 0.3 is 0 Å². The second-order valence-electron chi connectivity index (χ2n) is 3.88. The van der Waals surface area contributed by atoms with Crippen molar-refractivity contribution in [2.45, 2.75) is 12.8 Å². The molecule has 0 heterocycles. The number of alkyl halides is 2. The van der Waals surface area contributed by atoms with Gasteiger partial charge in [0.2, 0.25) is 0 Å². The smallest absolute Gasteiger partial charge is 0.270 e. The third-order valence-corrected chi connectivity index (χ3v) is 2.39. The van der Waals surface area contributed by atoms with Gasteiger partial charge in [-0.05, 0) is 19.2 Å². The van der Waals surface area contributed by atoms with Crippen LogP contribution in [-0.2, 0) is 5.92 Å². The fraction of sp³-hybridized carbons (Fsp3) is 0.417. The first-order chi connectivity index (χ1) is 8.31. The molecule has 0 spiro atoms. The van der Waals surface area contributed by atoms with E-state index >= 15 is 0 Å². The van der Waals surface area contributed by atoms with Gasteiger partial charge < -0.3 is 10.1 Å². The van der Waals surface area contributed by atoms with Crippen LogP contribution < -0.4 is 10.1 Å². The first-order valence-corrected chi connectivity index (χ1v) is 5.25. The summed E-state index contributed by atoms with van der Waals surface area (Å²) < 4.78 is 44.7. The van der Waals surface area contributed by atoms with Gasteiger partial charge in [-0.15, -0.1) is 0 Å². The van der Waals surface area contributed by atoms with E-state index in [1.807, 2.05) is 0 Å². The molecular formula is C12H14F3NO2. The van der Waals surface area contributed by atoms with Crippen LogP contribution in [0.5, 0.6) is 5.75 Å². The zero-order valence-electron chi connectivity index (χ0n) is 10.3. The van der Waals surface area contributed by atoms with Crippen molar-refractivity contribution in [1.82, 2.24) is 5.32 Å². The van der Waals surface area contributed by atoms with E-state index in [4.69, 9.17) is 4.74 Å². The molecule has 0 amide bonds. The van der Waals surface area contributed by atoms with Crippen LogP contribution in [0.2, 0.25) is 0 Å². The summed E-state index contributed by atoms with van der Waals surface area (Å²) in [6.45, 7) is 0.551. The Kier molecular flexibility index (Phi) is 4.34. The molecule has 0 aliphatic carbocycles. The molecule has 1 aromatic carbocycles. The Morgan fingerprint density at radius 3 is 2.50 bits per heavy atom. The van der Waals surface area contributed by atoms with Gasteiger partial charge in [-0.1, -0.05) is 0 Å². The van der Waals surface area contributed by atoms with Crippen molar-refractivity contribution in [3.05, 3.63) is 29.1 Å². The Morgan fingerprint density at radius 2 is 2.06 bits per heavy atom. The molecule has 100 valence electrons. The predicted molar refractivity (Wildman–Crippen MR) is 60.8 cm³/mol. The average Bonchev–Trinajstić information content (AvgIpc) is 2.27. The summed E-state index contributed by atoms with van der Waals surface area (Å²) in [6, 6.07) is 1.64. The highest BCUT2D eigenvalue weighted by molar-refractivity contribution is 6.00. The van der Waals surface area contributed by atoms with E-state index in [9.17, 15) is 18.0 Å². The number of halogens is 3. The number of ketones is 1. The summed E-state index contributed by atoms with van der Waals surface area (Å²) >= 11 is 0. The van der Waals surface area contributed by atoms with Gasteiger partial charge in [0.05, 0.1) is 19.2 Å². The summed E-state index contributed by atoms with van der Waals surface area (Å²) in [4.78, 5) is 11.7. The van der Waals surface area contributed by atoms with E-state index in [2.05, 4.69) is 5.32 Å². The third-order valence-electron chi connectivity index (χ3n) is 2.39. The van der Waals surface area contributed by atoms with Crippen LogP contribution in [0.4, 0.5) is 13.2 Å². The molecule has 0 saturated heterocycles. The molecule has 0 bridgehead atoms. The number of hydrogen-bond acceptors (Lipinski definition) is 3. The largest absolute Gasteiger partial charge is 0.493 e. The zero-order valence-corrected chi connectivity index (χ0v) is 10.3.